The molecule has 3 rings (SSSR count). The second-order valence-corrected chi connectivity index (χ2v) is 5.91. The van der Waals surface area contributed by atoms with E-state index in [1.54, 1.807) is 0 Å². The zero-order valence-corrected chi connectivity index (χ0v) is 13.6. The summed E-state index contributed by atoms with van der Waals surface area (Å²) >= 11 is 0. The number of hydrogen-bond donors (Lipinski definition) is 0. The number of carbonyl (C=O) groups excluding carboxylic acids is 1. The lowest BCUT2D eigenvalue weighted by atomic mass is 9.81. The van der Waals surface area contributed by atoms with Gasteiger partial charge in [0.25, 0.3) is 0 Å². The second-order valence-electron chi connectivity index (χ2n) is 5.91. The SMILES string of the molecule is COC(=O)C1=C(C(C)C)Oc2ccccc2C1c1ccccc1. The number of methoxy groups -OCH3 is 1. The van der Waals surface area contributed by atoms with Crippen molar-refractivity contribution in [2.45, 2.75) is 19.8 Å². The maximum atomic E-state index is 12.5. The molecule has 23 heavy (non-hydrogen) atoms. The van der Waals surface area contributed by atoms with Gasteiger partial charge in [0, 0.05) is 17.4 Å². The largest absolute Gasteiger partial charge is 0.466 e. The Balaban J connectivity index is 2.26. The first kappa shape index (κ1) is 15.3. The molecule has 118 valence electrons. The van der Waals surface area contributed by atoms with E-state index in [4.69, 9.17) is 9.47 Å². The van der Waals surface area contributed by atoms with Crippen molar-refractivity contribution in [2.24, 2.45) is 5.92 Å². The maximum absolute atomic E-state index is 12.5. The highest BCUT2D eigenvalue weighted by Gasteiger charge is 2.36. The average Bonchev–Trinajstić information content (AvgIpc) is 2.60. The van der Waals surface area contributed by atoms with Crippen molar-refractivity contribution in [2.75, 3.05) is 7.11 Å². The Kier molecular flexibility index (Phi) is 4.20. The Hall–Kier alpha value is -2.55. The number of esters is 1. The molecule has 3 heteroatoms. The summed E-state index contributed by atoms with van der Waals surface area (Å²) in [6, 6.07) is 17.9. The molecule has 1 unspecified atom stereocenters. The minimum absolute atomic E-state index is 0.0867. The summed E-state index contributed by atoms with van der Waals surface area (Å²) in [5, 5.41) is 0. The Morgan fingerprint density at radius 2 is 1.70 bits per heavy atom. The number of ether oxygens (including phenoxy) is 2. The van der Waals surface area contributed by atoms with Gasteiger partial charge >= 0.3 is 5.97 Å². The molecule has 0 spiro atoms. The molecule has 1 atom stereocenters. The zero-order valence-electron chi connectivity index (χ0n) is 13.6. The van der Waals surface area contributed by atoms with Crippen LogP contribution in [0.15, 0.2) is 65.9 Å². The Labute approximate surface area is 136 Å². The second kappa shape index (κ2) is 6.29. The van der Waals surface area contributed by atoms with Crippen LogP contribution in [0.3, 0.4) is 0 Å². The highest BCUT2D eigenvalue weighted by atomic mass is 16.5. The van der Waals surface area contributed by atoms with Gasteiger partial charge in [-0.25, -0.2) is 4.79 Å². The number of allylic oxidation sites excluding steroid dienone is 1. The molecular weight excluding hydrogens is 288 g/mol. The molecule has 0 saturated carbocycles. The van der Waals surface area contributed by atoms with Crippen molar-refractivity contribution in [1.82, 2.24) is 0 Å². The standard InChI is InChI=1S/C20H20O3/c1-13(2)19-18(20(21)22-3)17(14-9-5-4-6-10-14)15-11-7-8-12-16(15)23-19/h4-13,17H,1-3H3. The fourth-order valence-electron chi connectivity index (χ4n) is 3.03. The van der Waals surface area contributed by atoms with E-state index in [0.29, 0.717) is 11.3 Å². The van der Waals surface area contributed by atoms with Gasteiger partial charge in [-0.15, -0.1) is 0 Å². The molecule has 0 N–H and O–H groups in total. The minimum Gasteiger partial charge on any atom is -0.466 e. The monoisotopic (exact) mass is 308 g/mol. The molecule has 3 nitrogen and oxygen atoms in total. The molecule has 0 fully saturated rings. The van der Waals surface area contributed by atoms with Crippen LogP contribution in [0, 0.1) is 5.92 Å². The van der Waals surface area contributed by atoms with Crippen LogP contribution >= 0.6 is 0 Å². The van der Waals surface area contributed by atoms with E-state index < -0.39 is 0 Å². The van der Waals surface area contributed by atoms with Gasteiger partial charge in [0.1, 0.15) is 11.5 Å². The molecule has 1 aliphatic rings. The van der Waals surface area contributed by atoms with Crippen LogP contribution < -0.4 is 4.74 Å². The predicted octanol–water partition coefficient (Wildman–Crippen LogP) is 4.29. The van der Waals surface area contributed by atoms with Crippen molar-refractivity contribution in [1.29, 1.82) is 0 Å². The van der Waals surface area contributed by atoms with Crippen LogP contribution in [0.25, 0.3) is 0 Å². The third-order valence-electron chi connectivity index (χ3n) is 4.07. The van der Waals surface area contributed by atoms with E-state index >= 15 is 0 Å². The average molecular weight is 308 g/mol. The van der Waals surface area contributed by atoms with E-state index in [0.717, 1.165) is 16.9 Å². The summed E-state index contributed by atoms with van der Waals surface area (Å²) in [6.07, 6.45) is 0. The van der Waals surface area contributed by atoms with E-state index in [2.05, 4.69) is 0 Å². The molecule has 0 aliphatic carbocycles. The lowest BCUT2D eigenvalue weighted by molar-refractivity contribution is -0.136. The van der Waals surface area contributed by atoms with Gasteiger partial charge < -0.3 is 9.47 Å². The first-order chi connectivity index (χ1) is 11.1. The molecule has 1 aliphatic heterocycles. The van der Waals surface area contributed by atoms with Crippen molar-refractivity contribution < 1.29 is 14.3 Å². The maximum Gasteiger partial charge on any atom is 0.338 e. The molecule has 2 aromatic rings. The first-order valence-corrected chi connectivity index (χ1v) is 7.77. The predicted molar refractivity (Wildman–Crippen MR) is 89.2 cm³/mol. The van der Waals surface area contributed by atoms with Gasteiger partial charge in [0.2, 0.25) is 0 Å². The highest BCUT2D eigenvalue weighted by molar-refractivity contribution is 5.92. The Morgan fingerprint density at radius 3 is 2.35 bits per heavy atom. The first-order valence-electron chi connectivity index (χ1n) is 7.77. The van der Waals surface area contributed by atoms with Crippen molar-refractivity contribution >= 4 is 5.97 Å². The molecule has 0 saturated heterocycles. The number of fused-ring (bicyclic) bond motifs is 1. The van der Waals surface area contributed by atoms with E-state index in [1.807, 2.05) is 68.4 Å². The molecule has 0 aromatic heterocycles. The van der Waals surface area contributed by atoms with E-state index in [-0.39, 0.29) is 17.8 Å². The number of rotatable bonds is 3. The molecule has 1 heterocycles. The summed E-state index contributed by atoms with van der Waals surface area (Å²) in [7, 11) is 1.41. The summed E-state index contributed by atoms with van der Waals surface area (Å²) < 4.78 is 11.1. The summed E-state index contributed by atoms with van der Waals surface area (Å²) in [5.41, 5.74) is 2.64. The van der Waals surface area contributed by atoms with E-state index in [1.165, 1.54) is 7.11 Å². The molecule has 2 aromatic carbocycles. The van der Waals surface area contributed by atoms with Crippen LogP contribution in [-0.4, -0.2) is 13.1 Å². The lowest BCUT2D eigenvalue weighted by Crippen LogP contribution is -2.25. The Bertz CT molecular complexity index is 744. The molecular formula is C20H20O3. The fraction of sp³-hybridized carbons (Fsp3) is 0.250. The van der Waals surface area contributed by atoms with Crippen LogP contribution in [0.5, 0.6) is 5.75 Å². The van der Waals surface area contributed by atoms with Crippen LogP contribution in [0.1, 0.15) is 30.9 Å². The smallest absolute Gasteiger partial charge is 0.338 e. The summed E-state index contributed by atoms with van der Waals surface area (Å²) in [6.45, 7) is 4.04. The van der Waals surface area contributed by atoms with Crippen LogP contribution in [0.2, 0.25) is 0 Å². The Morgan fingerprint density at radius 1 is 1.04 bits per heavy atom. The third-order valence-corrected chi connectivity index (χ3v) is 4.07. The highest BCUT2D eigenvalue weighted by Crippen LogP contribution is 2.44. The molecule has 0 amide bonds. The van der Waals surface area contributed by atoms with Gasteiger partial charge in [-0.3, -0.25) is 0 Å². The van der Waals surface area contributed by atoms with Gasteiger partial charge in [0.15, 0.2) is 0 Å². The van der Waals surface area contributed by atoms with Crippen LogP contribution in [-0.2, 0) is 9.53 Å². The number of carbonyl (C=O) groups is 1. The van der Waals surface area contributed by atoms with E-state index in [9.17, 15) is 4.79 Å². The molecule has 0 bridgehead atoms. The van der Waals surface area contributed by atoms with Gasteiger partial charge in [-0.1, -0.05) is 62.4 Å². The minimum atomic E-state index is -0.336. The summed E-state index contributed by atoms with van der Waals surface area (Å²) in [5.74, 6) is 1.06. The van der Waals surface area contributed by atoms with Gasteiger partial charge in [-0.2, -0.15) is 0 Å². The molecule has 0 radical (unpaired) electrons. The number of benzene rings is 2. The number of para-hydroxylation sites is 1. The van der Waals surface area contributed by atoms with Gasteiger partial charge in [-0.05, 0) is 11.6 Å². The number of hydrogen-bond acceptors (Lipinski definition) is 3. The normalized spacial score (nSPS) is 16.8. The zero-order chi connectivity index (χ0) is 16.4. The van der Waals surface area contributed by atoms with Gasteiger partial charge in [0.05, 0.1) is 12.7 Å². The van der Waals surface area contributed by atoms with Crippen molar-refractivity contribution in [3.8, 4) is 5.75 Å². The third kappa shape index (κ3) is 2.74. The lowest BCUT2D eigenvalue weighted by Gasteiger charge is -2.31. The van der Waals surface area contributed by atoms with Crippen molar-refractivity contribution in [3.05, 3.63) is 77.1 Å². The fourth-order valence-corrected chi connectivity index (χ4v) is 3.03. The topological polar surface area (TPSA) is 35.5 Å². The summed E-state index contributed by atoms with van der Waals surface area (Å²) in [4.78, 5) is 12.5. The van der Waals surface area contributed by atoms with Crippen LogP contribution in [0.4, 0.5) is 0 Å². The van der Waals surface area contributed by atoms with Crippen molar-refractivity contribution in [3.63, 3.8) is 0 Å². The quantitative estimate of drug-likeness (QED) is 0.793.